The Morgan fingerprint density at radius 3 is 2.50 bits per heavy atom. The van der Waals surface area contributed by atoms with Crippen LogP contribution in [0.15, 0.2) is 91.3 Å². The third kappa shape index (κ3) is 6.62. The fourth-order valence-corrected chi connectivity index (χ4v) is 4.40. The van der Waals surface area contributed by atoms with Crippen LogP contribution in [0, 0.1) is 5.92 Å². The lowest BCUT2D eigenvalue weighted by Crippen LogP contribution is -2.23. The number of carboxylic acid groups (broad SMARTS) is 1. The highest BCUT2D eigenvalue weighted by Crippen LogP contribution is 2.39. The van der Waals surface area contributed by atoms with Crippen LogP contribution in [-0.4, -0.2) is 28.8 Å². The summed E-state index contributed by atoms with van der Waals surface area (Å²) in [5.41, 5.74) is 4.60. The van der Waals surface area contributed by atoms with Crippen LogP contribution in [-0.2, 0) is 20.9 Å². The summed E-state index contributed by atoms with van der Waals surface area (Å²) in [6.45, 7) is 1.09. The van der Waals surface area contributed by atoms with E-state index in [4.69, 9.17) is 14.6 Å². The molecule has 0 saturated carbocycles. The second-order valence-electron chi connectivity index (χ2n) is 8.60. The van der Waals surface area contributed by atoms with E-state index in [1.807, 2.05) is 36.5 Å². The zero-order valence-electron chi connectivity index (χ0n) is 19.3. The molecule has 34 heavy (non-hydrogen) atoms. The van der Waals surface area contributed by atoms with Crippen molar-refractivity contribution in [3.8, 4) is 11.1 Å². The van der Waals surface area contributed by atoms with Gasteiger partial charge in [-0.3, -0.25) is 9.78 Å². The summed E-state index contributed by atoms with van der Waals surface area (Å²) in [7, 11) is 0. The van der Waals surface area contributed by atoms with Crippen LogP contribution < -0.4 is 0 Å². The van der Waals surface area contributed by atoms with Gasteiger partial charge in [-0.05, 0) is 47.6 Å². The Kier molecular flexibility index (Phi) is 8.60. The molecule has 1 aliphatic rings. The minimum Gasteiger partial charge on any atom is -0.481 e. The molecular formula is C29H31NO4. The second-order valence-corrected chi connectivity index (χ2v) is 8.60. The molecule has 5 nitrogen and oxygen atoms in total. The third-order valence-electron chi connectivity index (χ3n) is 6.20. The van der Waals surface area contributed by atoms with E-state index in [9.17, 15) is 4.79 Å². The number of rotatable bonds is 11. The van der Waals surface area contributed by atoms with Gasteiger partial charge in [-0.15, -0.1) is 0 Å². The van der Waals surface area contributed by atoms with Crippen LogP contribution in [0.1, 0.15) is 42.9 Å². The number of allylic oxidation sites excluding steroid dienone is 2. The molecule has 3 aromatic rings. The van der Waals surface area contributed by atoms with Crippen molar-refractivity contribution in [1.29, 1.82) is 0 Å². The molecule has 176 valence electrons. The van der Waals surface area contributed by atoms with Gasteiger partial charge in [0, 0.05) is 24.7 Å². The van der Waals surface area contributed by atoms with E-state index >= 15 is 0 Å². The maximum atomic E-state index is 10.7. The molecule has 0 spiro atoms. The third-order valence-corrected chi connectivity index (χ3v) is 6.20. The first-order valence-corrected chi connectivity index (χ1v) is 11.8. The van der Waals surface area contributed by atoms with Crippen molar-refractivity contribution >= 4 is 5.97 Å². The number of hydrogen-bond donors (Lipinski definition) is 1. The van der Waals surface area contributed by atoms with E-state index in [2.05, 4.69) is 53.5 Å². The molecule has 0 unspecified atom stereocenters. The van der Waals surface area contributed by atoms with Gasteiger partial charge in [0.2, 0.25) is 0 Å². The number of pyridine rings is 1. The standard InChI is InChI=1S/C29H31NO4/c31-28(32)13-7-2-1-6-12-26-27(21-34-29(26)25-11-8-18-30-19-25)33-20-22-14-16-24(17-15-22)23-9-4-3-5-10-23/h1-5,8-11,14-19,26-27,29H,6-7,12-13,20-21H2,(H,31,32)/b2-1-/t26-,27+,29-/m0/s1. The molecule has 0 bridgehead atoms. The normalized spacial score (nSPS) is 20.1. The fourth-order valence-electron chi connectivity index (χ4n) is 4.40. The zero-order chi connectivity index (χ0) is 23.6. The van der Waals surface area contributed by atoms with Crippen molar-refractivity contribution < 1.29 is 19.4 Å². The van der Waals surface area contributed by atoms with Gasteiger partial charge in [0.25, 0.3) is 0 Å². The largest absolute Gasteiger partial charge is 0.481 e. The van der Waals surface area contributed by atoms with Crippen molar-refractivity contribution in [2.75, 3.05) is 6.61 Å². The number of benzene rings is 2. The molecule has 0 aliphatic carbocycles. The van der Waals surface area contributed by atoms with Gasteiger partial charge in [0.15, 0.2) is 0 Å². The molecule has 1 N–H and O–H groups in total. The van der Waals surface area contributed by atoms with Crippen molar-refractivity contribution in [2.24, 2.45) is 5.92 Å². The van der Waals surface area contributed by atoms with Crippen molar-refractivity contribution in [3.63, 3.8) is 0 Å². The SMILES string of the molecule is O=C(O)CC/C=C\CC[C@H]1[C@H](OCc2ccc(-c3ccccc3)cc2)CO[C@H]1c1cccnc1. The summed E-state index contributed by atoms with van der Waals surface area (Å²) < 4.78 is 12.5. The molecular weight excluding hydrogens is 426 g/mol. The number of aliphatic carboxylic acids is 1. The molecule has 1 fully saturated rings. The quantitative estimate of drug-likeness (QED) is 0.346. The van der Waals surface area contributed by atoms with Gasteiger partial charge < -0.3 is 14.6 Å². The fraction of sp³-hybridized carbons (Fsp3) is 0.310. The molecule has 1 saturated heterocycles. The zero-order valence-corrected chi connectivity index (χ0v) is 19.3. The summed E-state index contributed by atoms with van der Waals surface area (Å²) in [4.78, 5) is 15.0. The molecule has 2 heterocycles. The molecule has 2 aromatic carbocycles. The first kappa shape index (κ1) is 23.9. The Morgan fingerprint density at radius 2 is 1.76 bits per heavy atom. The Labute approximate surface area is 201 Å². The molecule has 0 radical (unpaired) electrons. The highest BCUT2D eigenvalue weighted by atomic mass is 16.6. The Bertz CT molecular complexity index is 1050. The van der Waals surface area contributed by atoms with Gasteiger partial charge in [-0.2, -0.15) is 0 Å². The first-order chi connectivity index (χ1) is 16.7. The van der Waals surface area contributed by atoms with Crippen LogP contribution >= 0.6 is 0 Å². The lowest BCUT2D eigenvalue weighted by atomic mass is 9.90. The van der Waals surface area contributed by atoms with Gasteiger partial charge in [-0.25, -0.2) is 0 Å². The average molecular weight is 458 g/mol. The summed E-state index contributed by atoms with van der Waals surface area (Å²) in [5, 5.41) is 8.79. The van der Waals surface area contributed by atoms with Gasteiger partial charge in [0.1, 0.15) is 0 Å². The minimum absolute atomic E-state index is 0.00794. The minimum atomic E-state index is -0.768. The molecule has 0 amide bonds. The second kappa shape index (κ2) is 12.3. The Morgan fingerprint density at radius 1 is 1.00 bits per heavy atom. The maximum Gasteiger partial charge on any atom is 0.303 e. The highest BCUT2D eigenvalue weighted by molar-refractivity contribution is 5.66. The number of ether oxygens (including phenoxy) is 2. The van der Waals surface area contributed by atoms with Crippen LogP contribution in [0.4, 0.5) is 0 Å². The topological polar surface area (TPSA) is 68.7 Å². The number of aromatic nitrogens is 1. The summed E-state index contributed by atoms with van der Waals surface area (Å²) >= 11 is 0. The smallest absolute Gasteiger partial charge is 0.303 e. The van der Waals surface area contributed by atoms with Gasteiger partial charge in [0.05, 0.1) is 25.4 Å². The van der Waals surface area contributed by atoms with Gasteiger partial charge >= 0.3 is 5.97 Å². The summed E-state index contributed by atoms with van der Waals surface area (Å²) in [6.07, 6.45) is 10.1. The summed E-state index contributed by atoms with van der Waals surface area (Å²) in [5.74, 6) is -0.562. The van der Waals surface area contributed by atoms with Crippen molar-refractivity contribution in [2.45, 2.75) is 44.5 Å². The van der Waals surface area contributed by atoms with Crippen LogP contribution in [0.2, 0.25) is 0 Å². The molecule has 4 rings (SSSR count). The molecule has 3 atom stereocenters. The van der Waals surface area contributed by atoms with Gasteiger partial charge in [-0.1, -0.05) is 72.8 Å². The molecule has 5 heteroatoms. The van der Waals surface area contributed by atoms with E-state index in [1.165, 1.54) is 11.1 Å². The number of nitrogens with zero attached hydrogens (tertiary/aromatic N) is 1. The van der Waals surface area contributed by atoms with Crippen molar-refractivity contribution in [1.82, 2.24) is 4.98 Å². The van der Waals surface area contributed by atoms with Crippen molar-refractivity contribution in [3.05, 3.63) is 102 Å². The number of hydrogen-bond acceptors (Lipinski definition) is 4. The van der Waals surface area contributed by atoms with Crippen LogP contribution in [0.5, 0.6) is 0 Å². The summed E-state index contributed by atoms with van der Waals surface area (Å²) in [6, 6.07) is 22.8. The lowest BCUT2D eigenvalue weighted by Gasteiger charge is -2.23. The average Bonchev–Trinajstić information content (AvgIpc) is 3.28. The number of carbonyl (C=O) groups is 1. The lowest BCUT2D eigenvalue weighted by molar-refractivity contribution is -0.136. The van der Waals surface area contributed by atoms with E-state index in [1.54, 1.807) is 6.20 Å². The first-order valence-electron chi connectivity index (χ1n) is 11.8. The van der Waals surface area contributed by atoms with Crippen LogP contribution in [0.25, 0.3) is 11.1 Å². The number of carboxylic acids is 1. The Balaban J connectivity index is 1.37. The predicted octanol–water partition coefficient (Wildman–Crippen LogP) is 6.22. The molecule has 1 aliphatic heterocycles. The maximum absolute atomic E-state index is 10.7. The predicted molar refractivity (Wildman–Crippen MR) is 132 cm³/mol. The molecule has 1 aromatic heterocycles. The monoisotopic (exact) mass is 457 g/mol. The van der Waals surface area contributed by atoms with E-state index in [0.29, 0.717) is 19.6 Å². The Hall–Kier alpha value is -3.28. The highest BCUT2D eigenvalue weighted by Gasteiger charge is 2.38. The van der Waals surface area contributed by atoms with Crippen LogP contribution in [0.3, 0.4) is 0 Å². The van der Waals surface area contributed by atoms with E-state index in [-0.39, 0.29) is 24.5 Å². The van der Waals surface area contributed by atoms with E-state index < -0.39 is 5.97 Å². The van der Waals surface area contributed by atoms with E-state index in [0.717, 1.165) is 24.0 Å².